The molecule has 1 rings (SSSR count). The van der Waals surface area contributed by atoms with E-state index in [4.69, 9.17) is 0 Å². The quantitative estimate of drug-likeness (QED) is 0.413. The van der Waals surface area contributed by atoms with Crippen molar-refractivity contribution in [3.8, 4) is 0 Å². The van der Waals surface area contributed by atoms with Crippen molar-refractivity contribution in [2.75, 3.05) is 0 Å². The first-order valence-corrected chi connectivity index (χ1v) is 9.67. The zero-order valence-corrected chi connectivity index (χ0v) is 15.0. The summed E-state index contributed by atoms with van der Waals surface area (Å²) >= 11 is 0. The largest absolute Gasteiger partial charge is 0.392 e. The Morgan fingerprint density at radius 1 is 1.09 bits per heavy atom. The van der Waals surface area contributed by atoms with Crippen LogP contribution in [0.2, 0.25) is 0 Å². The Labute approximate surface area is 142 Å². The van der Waals surface area contributed by atoms with E-state index in [1.165, 1.54) is 25.7 Å². The van der Waals surface area contributed by atoms with Gasteiger partial charge in [0.1, 0.15) is 5.78 Å². The second-order valence-electron chi connectivity index (χ2n) is 7.07. The topological polar surface area (TPSA) is 57.5 Å². The van der Waals surface area contributed by atoms with Crippen LogP contribution in [-0.4, -0.2) is 28.2 Å². The molecule has 0 spiro atoms. The lowest BCUT2D eigenvalue weighted by atomic mass is 9.88. The van der Waals surface area contributed by atoms with E-state index in [0.29, 0.717) is 0 Å². The molecule has 1 aliphatic rings. The molecule has 0 heterocycles. The summed E-state index contributed by atoms with van der Waals surface area (Å²) in [6.45, 7) is 4.34. The molecule has 1 saturated carbocycles. The Morgan fingerprint density at radius 2 is 1.74 bits per heavy atom. The number of unbranched alkanes of at least 4 members (excludes halogenated alkanes) is 6. The molecule has 0 aromatic carbocycles. The third-order valence-electron chi connectivity index (χ3n) is 5.01. The summed E-state index contributed by atoms with van der Waals surface area (Å²) in [6.07, 6.45) is 13.9. The van der Waals surface area contributed by atoms with Crippen molar-refractivity contribution in [1.29, 1.82) is 0 Å². The molecule has 0 aromatic rings. The van der Waals surface area contributed by atoms with Gasteiger partial charge in [0.25, 0.3) is 0 Å². The fourth-order valence-corrected chi connectivity index (χ4v) is 3.52. The van der Waals surface area contributed by atoms with Crippen molar-refractivity contribution in [1.82, 2.24) is 0 Å². The van der Waals surface area contributed by atoms with E-state index in [9.17, 15) is 15.0 Å². The van der Waals surface area contributed by atoms with Gasteiger partial charge in [-0.2, -0.15) is 0 Å². The highest BCUT2D eigenvalue weighted by Gasteiger charge is 2.39. The average Bonchev–Trinajstić information content (AvgIpc) is 2.79. The lowest BCUT2D eigenvalue weighted by Gasteiger charge is -2.18. The van der Waals surface area contributed by atoms with Gasteiger partial charge in [-0.15, -0.1) is 0 Å². The molecular formula is C20H36O3. The minimum atomic E-state index is -0.567. The van der Waals surface area contributed by atoms with Crippen LogP contribution in [0.1, 0.15) is 84.5 Å². The van der Waals surface area contributed by atoms with Gasteiger partial charge in [-0.1, -0.05) is 77.4 Å². The first-order valence-electron chi connectivity index (χ1n) is 9.67. The number of aliphatic hydroxyl groups is 2. The summed E-state index contributed by atoms with van der Waals surface area (Å²) in [6, 6.07) is 0. The van der Waals surface area contributed by atoms with Gasteiger partial charge in [0.15, 0.2) is 0 Å². The Hall–Kier alpha value is -0.670. The van der Waals surface area contributed by atoms with Gasteiger partial charge in [-0.25, -0.2) is 0 Å². The van der Waals surface area contributed by atoms with E-state index in [1.54, 1.807) is 6.08 Å². The van der Waals surface area contributed by atoms with Crippen molar-refractivity contribution in [2.45, 2.75) is 96.7 Å². The summed E-state index contributed by atoms with van der Waals surface area (Å²) in [5, 5.41) is 20.1. The van der Waals surface area contributed by atoms with Crippen molar-refractivity contribution >= 4 is 5.78 Å². The molecule has 0 bridgehead atoms. The van der Waals surface area contributed by atoms with E-state index < -0.39 is 12.2 Å². The van der Waals surface area contributed by atoms with Gasteiger partial charge >= 0.3 is 0 Å². The molecule has 0 aliphatic heterocycles. The van der Waals surface area contributed by atoms with Crippen molar-refractivity contribution in [2.24, 2.45) is 11.8 Å². The summed E-state index contributed by atoms with van der Waals surface area (Å²) in [5.74, 6) is 0.0448. The van der Waals surface area contributed by atoms with Crippen molar-refractivity contribution < 1.29 is 15.0 Å². The fourth-order valence-electron chi connectivity index (χ4n) is 3.52. The number of Topliss-reactive ketones (excluding diaryl/α,β-unsaturated/α-hetero) is 1. The monoisotopic (exact) mass is 324 g/mol. The van der Waals surface area contributed by atoms with Crippen LogP contribution < -0.4 is 0 Å². The maximum absolute atomic E-state index is 12.1. The van der Waals surface area contributed by atoms with Gasteiger partial charge < -0.3 is 10.2 Å². The summed E-state index contributed by atoms with van der Waals surface area (Å²) in [5.41, 5.74) is 0. The molecule has 0 amide bonds. The molecule has 2 unspecified atom stereocenters. The fraction of sp³-hybridized carbons (Fsp3) is 0.850. The molecule has 23 heavy (non-hydrogen) atoms. The molecular weight excluding hydrogens is 288 g/mol. The molecule has 3 heteroatoms. The minimum Gasteiger partial charge on any atom is -0.392 e. The Balaban J connectivity index is 2.43. The molecule has 1 fully saturated rings. The lowest BCUT2D eigenvalue weighted by Crippen LogP contribution is -2.19. The van der Waals surface area contributed by atoms with Crippen LogP contribution in [0.5, 0.6) is 0 Å². The predicted molar refractivity (Wildman–Crippen MR) is 95.3 cm³/mol. The van der Waals surface area contributed by atoms with Crippen molar-refractivity contribution in [3.05, 3.63) is 12.2 Å². The molecule has 0 radical (unpaired) electrons. The smallest absolute Gasteiger partial charge is 0.139 e. The van der Waals surface area contributed by atoms with Crippen molar-refractivity contribution in [3.63, 3.8) is 0 Å². The van der Waals surface area contributed by atoms with Gasteiger partial charge in [0, 0.05) is 18.3 Å². The third-order valence-corrected chi connectivity index (χ3v) is 5.01. The SMILES string of the molecule is CCCCCCC[C@@H]1C(=O)CC(O)[C@@H]1/C=C/C(O)CCCCC. The van der Waals surface area contributed by atoms with Crippen LogP contribution in [0.15, 0.2) is 12.2 Å². The van der Waals surface area contributed by atoms with Crippen LogP contribution in [0, 0.1) is 11.8 Å². The summed E-state index contributed by atoms with van der Waals surface area (Å²) in [7, 11) is 0. The maximum Gasteiger partial charge on any atom is 0.139 e. The number of carbonyl (C=O) groups is 1. The number of rotatable bonds is 12. The number of ketones is 1. The standard InChI is InChI=1S/C20H36O3/c1-3-5-7-8-10-12-17-18(20(23)15-19(17)22)14-13-16(21)11-9-6-4-2/h13-14,16-18,20-21,23H,3-12,15H2,1-2H3/b14-13+/t16?,17-,18+,20?/m0/s1. The van der Waals surface area contributed by atoms with Crippen LogP contribution in [0.3, 0.4) is 0 Å². The first kappa shape index (κ1) is 20.4. The lowest BCUT2D eigenvalue weighted by molar-refractivity contribution is -0.121. The minimum absolute atomic E-state index is 0.0503. The second-order valence-corrected chi connectivity index (χ2v) is 7.07. The highest BCUT2D eigenvalue weighted by molar-refractivity contribution is 5.84. The van der Waals surface area contributed by atoms with Gasteiger partial charge in [0.05, 0.1) is 12.2 Å². The van der Waals surface area contributed by atoms with E-state index in [-0.39, 0.29) is 24.0 Å². The zero-order chi connectivity index (χ0) is 17.1. The molecule has 1 aliphatic carbocycles. The van der Waals surface area contributed by atoms with E-state index >= 15 is 0 Å². The molecule has 3 nitrogen and oxygen atoms in total. The van der Waals surface area contributed by atoms with E-state index in [2.05, 4.69) is 13.8 Å². The number of hydrogen-bond donors (Lipinski definition) is 2. The molecule has 134 valence electrons. The van der Waals surface area contributed by atoms with Gasteiger partial charge in [0.2, 0.25) is 0 Å². The van der Waals surface area contributed by atoms with Gasteiger partial charge in [-0.3, -0.25) is 4.79 Å². The average molecular weight is 325 g/mol. The molecule has 0 aromatic heterocycles. The van der Waals surface area contributed by atoms with Crippen LogP contribution in [0.25, 0.3) is 0 Å². The third kappa shape index (κ3) is 7.63. The number of hydrogen-bond acceptors (Lipinski definition) is 3. The summed E-state index contributed by atoms with van der Waals surface area (Å²) < 4.78 is 0. The van der Waals surface area contributed by atoms with E-state index in [1.807, 2.05) is 6.08 Å². The normalized spacial score (nSPS) is 26.3. The highest BCUT2D eigenvalue weighted by atomic mass is 16.3. The highest BCUT2D eigenvalue weighted by Crippen LogP contribution is 2.34. The molecule has 4 atom stereocenters. The molecule has 0 saturated heterocycles. The predicted octanol–water partition coefficient (Wildman–Crippen LogP) is 4.41. The van der Waals surface area contributed by atoms with E-state index in [0.717, 1.165) is 38.5 Å². The molecule has 2 N–H and O–H groups in total. The number of carbonyl (C=O) groups excluding carboxylic acids is 1. The Bertz CT molecular complexity index is 351. The first-order chi connectivity index (χ1) is 11.1. The van der Waals surface area contributed by atoms with Crippen LogP contribution in [-0.2, 0) is 4.79 Å². The van der Waals surface area contributed by atoms with Crippen LogP contribution in [0.4, 0.5) is 0 Å². The maximum atomic E-state index is 12.1. The van der Waals surface area contributed by atoms with Gasteiger partial charge in [-0.05, 0) is 12.8 Å². The Morgan fingerprint density at radius 3 is 2.43 bits per heavy atom. The zero-order valence-electron chi connectivity index (χ0n) is 15.0. The van der Waals surface area contributed by atoms with Crippen LogP contribution >= 0.6 is 0 Å². The summed E-state index contributed by atoms with van der Waals surface area (Å²) in [4.78, 5) is 12.1. The second kappa shape index (κ2) is 11.8. The Kier molecular flexibility index (Phi) is 10.5. The number of aliphatic hydroxyl groups excluding tert-OH is 2.